The van der Waals surface area contributed by atoms with Crippen molar-refractivity contribution in [2.24, 2.45) is 0 Å². The summed E-state index contributed by atoms with van der Waals surface area (Å²) in [6.07, 6.45) is 0. The molecule has 6 heteroatoms. The number of carboxylic acid groups (broad SMARTS) is 1. The second-order valence-corrected chi connectivity index (χ2v) is 5.60. The third-order valence-electron chi connectivity index (χ3n) is 2.62. The third-order valence-corrected chi connectivity index (χ3v) is 3.96. The minimum absolute atomic E-state index is 0.171. The fourth-order valence-electron chi connectivity index (χ4n) is 1.59. The molecule has 0 aliphatic heterocycles. The van der Waals surface area contributed by atoms with Crippen molar-refractivity contribution >= 4 is 40.9 Å². The van der Waals surface area contributed by atoms with Crippen LogP contribution in [0.15, 0.2) is 53.4 Å². The third kappa shape index (κ3) is 4.51. The summed E-state index contributed by atoms with van der Waals surface area (Å²) in [7, 11) is 0. The number of rotatable bonds is 5. The lowest BCUT2D eigenvalue weighted by Gasteiger charge is -2.07. The number of benzene rings is 2. The summed E-state index contributed by atoms with van der Waals surface area (Å²) < 4.78 is 0. The Morgan fingerprint density at radius 3 is 2.38 bits per heavy atom. The van der Waals surface area contributed by atoms with Crippen LogP contribution in [0, 0.1) is 0 Å². The molecule has 2 aromatic carbocycles. The quantitative estimate of drug-likeness (QED) is 0.823. The first-order valence-electron chi connectivity index (χ1n) is 6.07. The molecule has 4 nitrogen and oxygen atoms in total. The van der Waals surface area contributed by atoms with Gasteiger partial charge in [-0.15, -0.1) is 11.8 Å². The molecule has 0 atom stereocenters. The molecular weight excluding hydrogens is 310 g/mol. The SMILES string of the molecule is O=C(CSc1ccc(C(=O)O)cc1)Nc1ccccc1Cl. The minimum atomic E-state index is -0.969. The maximum Gasteiger partial charge on any atom is 0.335 e. The molecule has 108 valence electrons. The zero-order chi connectivity index (χ0) is 15.2. The molecule has 2 rings (SSSR count). The Kier molecular flexibility index (Phi) is 5.25. The van der Waals surface area contributed by atoms with Crippen LogP contribution in [0.1, 0.15) is 10.4 Å². The van der Waals surface area contributed by atoms with Crippen molar-refractivity contribution in [2.45, 2.75) is 4.90 Å². The predicted molar refractivity (Wildman–Crippen MR) is 84.2 cm³/mol. The first-order chi connectivity index (χ1) is 10.1. The van der Waals surface area contributed by atoms with E-state index in [-0.39, 0.29) is 17.2 Å². The second kappa shape index (κ2) is 7.15. The zero-order valence-electron chi connectivity index (χ0n) is 10.9. The van der Waals surface area contributed by atoms with Crippen molar-refractivity contribution in [1.29, 1.82) is 0 Å². The minimum Gasteiger partial charge on any atom is -0.478 e. The fraction of sp³-hybridized carbons (Fsp3) is 0.0667. The van der Waals surface area contributed by atoms with E-state index in [1.54, 1.807) is 36.4 Å². The van der Waals surface area contributed by atoms with Crippen LogP contribution in [0.5, 0.6) is 0 Å². The van der Waals surface area contributed by atoms with E-state index in [1.807, 2.05) is 0 Å². The van der Waals surface area contributed by atoms with Gasteiger partial charge in [0.1, 0.15) is 0 Å². The van der Waals surface area contributed by atoms with Crippen LogP contribution in [-0.2, 0) is 4.79 Å². The number of hydrogen-bond donors (Lipinski definition) is 2. The van der Waals surface area contributed by atoms with Crippen molar-refractivity contribution in [3.05, 3.63) is 59.1 Å². The van der Waals surface area contributed by atoms with Crippen LogP contribution < -0.4 is 5.32 Å². The number of hydrogen-bond acceptors (Lipinski definition) is 3. The molecule has 0 aliphatic rings. The lowest BCUT2D eigenvalue weighted by Crippen LogP contribution is -2.14. The normalized spacial score (nSPS) is 10.1. The number of thioether (sulfide) groups is 1. The highest BCUT2D eigenvalue weighted by Gasteiger charge is 2.07. The Hall–Kier alpha value is -1.98. The van der Waals surface area contributed by atoms with Gasteiger partial charge in [0.25, 0.3) is 0 Å². The molecule has 0 saturated carbocycles. The Labute approximate surface area is 131 Å². The number of nitrogens with one attached hydrogen (secondary N) is 1. The largest absolute Gasteiger partial charge is 0.478 e. The van der Waals surface area contributed by atoms with E-state index >= 15 is 0 Å². The van der Waals surface area contributed by atoms with Crippen molar-refractivity contribution in [2.75, 3.05) is 11.1 Å². The molecule has 0 spiro atoms. The van der Waals surface area contributed by atoms with Gasteiger partial charge in [0.05, 0.1) is 22.0 Å². The molecule has 0 aliphatic carbocycles. The highest BCUT2D eigenvalue weighted by Crippen LogP contribution is 2.22. The van der Waals surface area contributed by atoms with Gasteiger partial charge in [-0.25, -0.2) is 4.79 Å². The smallest absolute Gasteiger partial charge is 0.335 e. The summed E-state index contributed by atoms with van der Waals surface area (Å²) in [6.45, 7) is 0. The number of halogens is 1. The first-order valence-corrected chi connectivity index (χ1v) is 7.43. The van der Waals surface area contributed by atoms with E-state index in [2.05, 4.69) is 5.32 Å². The molecule has 2 aromatic rings. The molecule has 0 heterocycles. The summed E-state index contributed by atoms with van der Waals surface area (Å²) in [5.41, 5.74) is 0.797. The Morgan fingerprint density at radius 1 is 1.10 bits per heavy atom. The summed E-state index contributed by atoms with van der Waals surface area (Å²) in [4.78, 5) is 23.4. The average Bonchev–Trinajstić information content (AvgIpc) is 2.48. The van der Waals surface area contributed by atoms with E-state index in [1.165, 1.54) is 23.9 Å². The van der Waals surface area contributed by atoms with Gasteiger partial charge in [0, 0.05) is 4.90 Å². The van der Waals surface area contributed by atoms with Gasteiger partial charge in [0.2, 0.25) is 5.91 Å². The predicted octanol–water partition coefficient (Wildman–Crippen LogP) is 3.77. The topological polar surface area (TPSA) is 66.4 Å². The van der Waals surface area contributed by atoms with Gasteiger partial charge in [-0.05, 0) is 36.4 Å². The molecule has 0 radical (unpaired) electrons. The standard InChI is InChI=1S/C15H12ClNO3S/c16-12-3-1-2-4-13(12)17-14(18)9-21-11-7-5-10(6-8-11)15(19)20/h1-8H,9H2,(H,17,18)(H,19,20). The van der Waals surface area contributed by atoms with Gasteiger partial charge in [0.15, 0.2) is 0 Å². The molecule has 1 amide bonds. The molecule has 0 bridgehead atoms. The van der Waals surface area contributed by atoms with Crippen LogP contribution in [0.25, 0.3) is 0 Å². The summed E-state index contributed by atoms with van der Waals surface area (Å²) in [5, 5.41) is 12.0. The van der Waals surface area contributed by atoms with Crippen LogP contribution in [-0.4, -0.2) is 22.7 Å². The van der Waals surface area contributed by atoms with E-state index < -0.39 is 5.97 Å². The van der Waals surface area contributed by atoms with E-state index in [9.17, 15) is 9.59 Å². The Morgan fingerprint density at radius 2 is 1.76 bits per heavy atom. The van der Waals surface area contributed by atoms with Crippen LogP contribution in [0.3, 0.4) is 0 Å². The maximum atomic E-state index is 11.8. The van der Waals surface area contributed by atoms with Gasteiger partial charge in [-0.3, -0.25) is 4.79 Å². The summed E-state index contributed by atoms with van der Waals surface area (Å²) in [5.74, 6) is -0.920. The van der Waals surface area contributed by atoms with Gasteiger partial charge < -0.3 is 10.4 Å². The average molecular weight is 322 g/mol. The lowest BCUT2D eigenvalue weighted by atomic mass is 10.2. The van der Waals surface area contributed by atoms with E-state index in [0.717, 1.165) is 4.90 Å². The molecule has 0 fully saturated rings. The Bertz CT molecular complexity index is 658. The number of carbonyl (C=O) groups excluding carboxylic acids is 1. The van der Waals surface area contributed by atoms with Crippen molar-refractivity contribution < 1.29 is 14.7 Å². The number of carboxylic acids is 1. The van der Waals surface area contributed by atoms with Gasteiger partial charge in [-0.1, -0.05) is 23.7 Å². The molecule has 2 N–H and O–H groups in total. The zero-order valence-corrected chi connectivity index (χ0v) is 12.4. The highest BCUT2D eigenvalue weighted by atomic mass is 35.5. The molecule has 0 unspecified atom stereocenters. The summed E-state index contributed by atoms with van der Waals surface area (Å²) in [6, 6.07) is 13.4. The Balaban J connectivity index is 1.89. The lowest BCUT2D eigenvalue weighted by molar-refractivity contribution is -0.113. The molecule has 0 saturated heterocycles. The first kappa shape index (κ1) is 15.4. The van der Waals surface area contributed by atoms with Crippen LogP contribution in [0.2, 0.25) is 5.02 Å². The van der Waals surface area contributed by atoms with Gasteiger partial charge >= 0.3 is 5.97 Å². The van der Waals surface area contributed by atoms with E-state index in [0.29, 0.717) is 10.7 Å². The molecule has 0 aromatic heterocycles. The second-order valence-electron chi connectivity index (χ2n) is 4.15. The van der Waals surface area contributed by atoms with E-state index in [4.69, 9.17) is 16.7 Å². The number of anilines is 1. The molecular formula is C15H12ClNO3S. The number of amides is 1. The summed E-state index contributed by atoms with van der Waals surface area (Å²) >= 11 is 7.28. The fourth-order valence-corrected chi connectivity index (χ4v) is 2.47. The van der Waals surface area contributed by atoms with Crippen molar-refractivity contribution in [1.82, 2.24) is 0 Å². The van der Waals surface area contributed by atoms with Gasteiger partial charge in [-0.2, -0.15) is 0 Å². The van der Waals surface area contributed by atoms with Crippen molar-refractivity contribution in [3.63, 3.8) is 0 Å². The van der Waals surface area contributed by atoms with Crippen molar-refractivity contribution in [3.8, 4) is 0 Å². The monoisotopic (exact) mass is 321 g/mol. The highest BCUT2D eigenvalue weighted by molar-refractivity contribution is 8.00. The maximum absolute atomic E-state index is 11.8. The van der Waals surface area contributed by atoms with Crippen LogP contribution >= 0.6 is 23.4 Å². The number of carbonyl (C=O) groups is 2. The number of para-hydroxylation sites is 1. The van der Waals surface area contributed by atoms with Crippen LogP contribution in [0.4, 0.5) is 5.69 Å². The molecule has 21 heavy (non-hydrogen) atoms. The number of aromatic carboxylic acids is 1.